The minimum absolute atomic E-state index is 0.0772. The molecule has 1 aromatic rings. The lowest BCUT2D eigenvalue weighted by atomic mass is 10.1. The first-order valence-electron chi connectivity index (χ1n) is 8.84. The second-order valence-corrected chi connectivity index (χ2v) is 7.33. The summed E-state index contributed by atoms with van der Waals surface area (Å²) in [6.45, 7) is 8.22. The van der Waals surface area contributed by atoms with Gasteiger partial charge in [-0.1, -0.05) is 12.1 Å². The van der Waals surface area contributed by atoms with Crippen molar-refractivity contribution in [3.05, 3.63) is 24.3 Å². The molecule has 1 aromatic carbocycles. The fourth-order valence-electron chi connectivity index (χ4n) is 2.86. The van der Waals surface area contributed by atoms with E-state index in [0.29, 0.717) is 13.1 Å². The van der Waals surface area contributed by atoms with Crippen LogP contribution in [0.3, 0.4) is 0 Å². The molecule has 0 atom stereocenters. The Morgan fingerprint density at radius 2 is 1.73 bits per heavy atom. The molecule has 0 aromatic heterocycles. The van der Waals surface area contributed by atoms with Gasteiger partial charge in [-0.25, -0.2) is 0 Å². The van der Waals surface area contributed by atoms with Gasteiger partial charge in [-0.2, -0.15) is 0 Å². The van der Waals surface area contributed by atoms with Crippen LogP contribution in [-0.2, 0) is 14.3 Å². The van der Waals surface area contributed by atoms with E-state index in [2.05, 4.69) is 10.2 Å². The molecule has 1 N–H and O–H groups in total. The lowest BCUT2D eigenvalue weighted by Crippen LogP contribution is -2.50. The molecule has 0 unspecified atom stereocenters. The van der Waals surface area contributed by atoms with Crippen LogP contribution in [0.15, 0.2) is 24.3 Å². The maximum atomic E-state index is 12.3. The van der Waals surface area contributed by atoms with E-state index in [-0.39, 0.29) is 30.6 Å². The average Bonchev–Trinajstić information content (AvgIpc) is 2.60. The molecule has 26 heavy (non-hydrogen) atoms. The fourth-order valence-corrected chi connectivity index (χ4v) is 2.86. The first kappa shape index (κ1) is 20.0. The molecule has 2 rings (SSSR count). The van der Waals surface area contributed by atoms with Crippen LogP contribution in [0.2, 0.25) is 0 Å². The molecule has 1 saturated heterocycles. The molecule has 0 aliphatic carbocycles. The van der Waals surface area contributed by atoms with Crippen LogP contribution in [-0.4, -0.2) is 68.8 Å². The Labute approximate surface area is 155 Å². The van der Waals surface area contributed by atoms with Gasteiger partial charge < -0.3 is 24.6 Å². The van der Waals surface area contributed by atoms with Crippen molar-refractivity contribution in [2.24, 2.45) is 0 Å². The number of piperazine rings is 1. The Morgan fingerprint density at radius 3 is 2.35 bits per heavy atom. The van der Waals surface area contributed by atoms with Crippen molar-refractivity contribution in [1.29, 1.82) is 0 Å². The highest BCUT2D eigenvalue weighted by molar-refractivity contribution is 5.80. The van der Waals surface area contributed by atoms with E-state index in [4.69, 9.17) is 9.47 Å². The van der Waals surface area contributed by atoms with Crippen molar-refractivity contribution in [2.75, 3.05) is 51.4 Å². The summed E-state index contributed by atoms with van der Waals surface area (Å²) in [6.07, 6.45) is 0. The number of amides is 2. The Hall–Kier alpha value is -2.28. The Kier molecular flexibility index (Phi) is 6.85. The second-order valence-electron chi connectivity index (χ2n) is 7.33. The van der Waals surface area contributed by atoms with Crippen molar-refractivity contribution in [2.45, 2.75) is 26.3 Å². The standard InChI is InChI=1S/C19H29N3O4/c1-19(2,3)20-17(23)13-26-14-18(24)22-11-9-21(10-12-22)15-7-5-6-8-16(15)25-4/h5-8H,9-14H2,1-4H3,(H,20,23). The maximum absolute atomic E-state index is 12.3. The second kappa shape index (κ2) is 8.89. The van der Waals surface area contributed by atoms with Gasteiger partial charge in [0.2, 0.25) is 11.8 Å². The van der Waals surface area contributed by atoms with E-state index in [0.717, 1.165) is 24.5 Å². The molecule has 144 valence electrons. The SMILES string of the molecule is COc1ccccc1N1CCN(C(=O)COCC(=O)NC(C)(C)C)CC1. The number of carbonyl (C=O) groups is 2. The molecule has 2 amide bonds. The van der Waals surface area contributed by atoms with E-state index in [1.165, 1.54) is 0 Å². The van der Waals surface area contributed by atoms with Crippen LogP contribution in [0.25, 0.3) is 0 Å². The number of nitrogens with zero attached hydrogens (tertiary/aromatic N) is 2. The Balaban J connectivity index is 1.75. The van der Waals surface area contributed by atoms with Gasteiger partial charge in [0.1, 0.15) is 19.0 Å². The van der Waals surface area contributed by atoms with Gasteiger partial charge in [0.15, 0.2) is 0 Å². The number of ether oxygens (including phenoxy) is 2. The zero-order valence-electron chi connectivity index (χ0n) is 16.1. The van der Waals surface area contributed by atoms with Crippen molar-refractivity contribution < 1.29 is 19.1 Å². The zero-order valence-corrected chi connectivity index (χ0v) is 16.1. The highest BCUT2D eigenvalue weighted by atomic mass is 16.5. The predicted molar refractivity (Wildman–Crippen MR) is 101 cm³/mol. The summed E-state index contributed by atoms with van der Waals surface area (Å²) in [5.74, 6) is 0.528. The first-order valence-corrected chi connectivity index (χ1v) is 8.84. The molecule has 7 nitrogen and oxygen atoms in total. The van der Waals surface area contributed by atoms with Crippen molar-refractivity contribution in [3.8, 4) is 5.75 Å². The van der Waals surface area contributed by atoms with Crippen LogP contribution >= 0.6 is 0 Å². The summed E-state index contributed by atoms with van der Waals surface area (Å²) in [5, 5.41) is 2.80. The van der Waals surface area contributed by atoms with Gasteiger partial charge in [-0.05, 0) is 32.9 Å². The first-order chi connectivity index (χ1) is 12.3. The minimum atomic E-state index is -0.306. The number of carbonyl (C=O) groups excluding carboxylic acids is 2. The number of para-hydroxylation sites is 2. The predicted octanol–water partition coefficient (Wildman–Crippen LogP) is 1.28. The van der Waals surface area contributed by atoms with E-state index >= 15 is 0 Å². The molecule has 1 aliphatic heterocycles. The summed E-state index contributed by atoms with van der Waals surface area (Å²) in [7, 11) is 1.66. The summed E-state index contributed by atoms with van der Waals surface area (Å²) in [4.78, 5) is 27.9. The van der Waals surface area contributed by atoms with Crippen LogP contribution < -0.4 is 15.0 Å². The van der Waals surface area contributed by atoms with Gasteiger partial charge in [-0.3, -0.25) is 9.59 Å². The van der Waals surface area contributed by atoms with E-state index < -0.39 is 0 Å². The van der Waals surface area contributed by atoms with Crippen LogP contribution in [0.4, 0.5) is 5.69 Å². The van der Waals surface area contributed by atoms with E-state index in [1.54, 1.807) is 12.0 Å². The highest BCUT2D eigenvalue weighted by Gasteiger charge is 2.23. The van der Waals surface area contributed by atoms with E-state index in [9.17, 15) is 9.59 Å². The third-order valence-corrected chi connectivity index (χ3v) is 4.03. The van der Waals surface area contributed by atoms with Gasteiger partial charge in [0.25, 0.3) is 0 Å². The fraction of sp³-hybridized carbons (Fsp3) is 0.579. The molecule has 1 heterocycles. The summed E-state index contributed by atoms with van der Waals surface area (Å²) in [6, 6.07) is 7.87. The molecular weight excluding hydrogens is 334 g/mol. The largest absolute Gasteiger partial charge is 0.495 e. The lowest BCUT2D eigenvalue weighted by Gasteiger charge is -2.36. The Morgan fingerprint density at radius 1 is 1.08 bits per heavy atom. The number of benzene rings is 1. The lowest BCUT2D eigenvalue weighted by molar-refractivity contribution is -0.138. The van der Waals surface area contributed by atoms with Crippen LogP contribution in [0.5, 0.6) is 5.75 Å². The third-order valence-electron chi connectivity index (χ3n) is 4.03. The van der Waals surface area contributed by atoms with Crippen LogP contribution in [0, 0.1) is 0 Å². The number of anilines is 1. The number of hydrogen-bond donors (Lipinski definition) is 1. The average molecular weight is 363 g/mol. The Bertz CT molecular complexity index is 619. The quantitative estimate of drug-likeness (QED) is 0.824. The topological polar surface area (TPSA) is 71.1 Å². The van der Waals surface area contributed by atoms with Crippen molar-refractivity contribution >= 4 is 17.5 Å². The summed E-state index contributed by atoms with van der Waals surface area (Å²) < 4.78 is 10.7. The van der Waals surface area contributed by atoms with Gasteiger partial charge >= 0.3 is 0 Å². The van der Waals surface area contributed by atoms with Crippen LogP contribution in [0.1, 0.15) is 20.8 Å². The van der Waals surface area contributed by atoms with Gasteiger partial charge in [-0.15, -0.1) is 0 Å². The maximum Gasteiger partial charge on any atom is 0.248 e. The molecule has 0 saturated carbocycles. The molecule has 0 spiro atoms. The number of nitrogens with one attached hydrogen (secondary N) is 1. The molecule has 0 radical (unpaired) electrons. The highest BCUT2D eigenvalue weighted by Crippen LogP contribution is 2.28. The molecule has 1 aliphatic rings. The molecule has 0 bridgehead atoms. The summed E-state index contributed by atoms with van der Waals surface area (Å²) >= 11 is 0. The molecular formula is C19H29N3O4. The van der Waals surface area contributed by atoms with Crippen molar-refractivity contribution in [1.82, 2.24) is 10.2 Å². The monoisotopic (exact) mass is 363 g/mol. The summed E-state index contributed by atoms with van der Waals surface area (Å²) in [5.41, 5.74) is 0.733. The van der Waals surface area contributed by atoms with Crippen molar-refractivity contribution in [3.63, 3.8) is 0 Å². The zero-order chi connectivity index (χ0) is 19.2. The van der Waals surface area contributed by atoms with E-state index in [1.807, 2.05) is 45.0 Å². The smallest absolute Gasteiger partial charge is 0.248 e. The minimum Gasteiger partial charge on any atom is -0.495 e. The number of rotatable bonds is 6. The number of methoxy groups -OCH3 is 1. The molecule has 7 heteroatoms. The third kappa shape index (κ3) is 5.91. The normalized spacial score (nSPS) is 14.9. The molecule has 1 fully saturated rings. The van der Waals surface area contributed by atoms with Gasteiger partial charge in [0, 0.05) is 31.7 Å². The van der Waals surface area contributed by atoms with Gasteiger partial charge in [0.05, 0.1) is 12.8 Å². The number of hydrogen-bond acceptors (Lipinski definition) is 5.